The maximum atomic E-state index is 12.6. The highest BCUT2D eigenvalue weighted by molar-refractivity contribution is 6.05. The summed E-state index contributed by atoms with van der Waals surface area (Å²) in [6.45, 7) is 0.541. The molecular formula is C22H23N3O4. The number of benzene rings is 2. The van der Waals surface area contributed by atoms with Gasteiger partial charge in [-0.3, -0.25) is 9.78 Å². The van der Waals surface area contributed by atoms with E-state index in [0.717, 1.165) is 11.3 Å². The van der Waals surface area contributed by atoms with Crippen molar-refractivity contribution in [2.45, 2.75) is 6.54 Å². The molecule has 0 spiro atoms. The maximum absolute atomic E-state index is 12.6. The maximum Gasteiger partial charge on any atom is 0.257 e. The van der Waals surface area contributed by atoms with E-state index < -0.39 is 0 Å². The molecule has 2 aromatic carbocycles. The molecule has 3 rings (SSSR count). The van der Waals surface area contributed by atoms with Crippen molar-refractivity contribution >= 4 is 17.3 Å². The average Bonchev–Trinajstić information content (AvgIpc) is 2.78. The minimum atomic E-state index is -0.267. The molecule has 2 N–H and O–H groups in total. The van der Waals surface area contributed by atoms with E-state index in [1.165, 1.54) is 6.20 Å². The zero-order chi connectivity index (χ0) is 20.6. The summed E-state index contributed by atoms with van der Waals surface area (Å²) in [6, 6.07) is 14.7. The lowest BCUT2D eigenvalue weighted by molar-refractivity contribution is 0.102. The number of hydrogen-bond donors (Lipinski definition) is 2. The predicted molar refractivity (Wildman–Crippen MR) is 112 cm³/mol. The van der Waals surface area contributed by atoms with Crippen molar-refractivity contribution in [3.63, 3.8) is 0 Å². The smallest absolute Gasteiger partial charge is 0.257 e. The molecule has 29 heavy (non-hydrogen) atoms. The number of para-hydroxylation sites is 2. The number of hydrogen-bond acceptors (Lipinski definition) is 6. The van der Waals surface area contributed by atoms with Crippen LogP contribution < -0.4 is 24.8 Å². The van der Waals surface area contributed by atoms with Gasteiger partial charge in [-0.25, -0.2) is 0 Å². The molecule has 0 fully saturated rings. The first-order valence-corrected chi connectivity index (χ1v) is 8.98. The highest BCUT2D eigenvalue weighted by Gasteiger charge is 2.11. The minimum Gasteiger partial charge on any atom is -0.495 e. The van der Waals surface area contributed by atoms with Crippen molar-refractivity contribution in [3.8, 4) is 17.2 Å². The number of methoxy groups -OCH3 is 3. The van der Waals surface area contributed by atoms with Crippen molar-refractivity contribution < 1.29 is 19.0 Å². The van der Waals surface area contributed by atoms with E-state index in [2.05, 4.69) is 15.6 Å². The van der Waals surface area contributed by atoms with Crippen LogP contribution in [0.2, 0.25) is 0 Å². The molecule has 0 unspecified atom stereocenters. The van der Waals surface area contributed by atoms with Gasteiger partial charge in [0.05, 0.1) is 38.3 Å². The number of carbonyl (C=O) groups is 1. The zero-order valence-electron chi connectivity index (χ0n) is 16.6. The van der Waals surface area contributed by atoms with E-state index in [4.69, 9.17) is 14.2 Å². The van der Waals surface area contributed by atoms with E-state index in [1.54, 1.807) is 45.7 Å². The molecule has 0 bridgehead atoms. The molecule has 0 radical (unpaired) electrons. The fourth-order valence-corrected chi connectivity index (χ4v) is 2.80. The standard InChI is InChI=1S/C22H23N3O4/c1-27-19-7-5-4-6-18(19)25-22(26)16-11-17(14-23-13-16)24-12-15-8-9-20(28-2)21(10-15)29-3/h4-11,13-14,24H,12H2,1-3H3,(H,25,26). The highest BCUT2D eigenvalue weighted by atomic mass is 16.5. The molecule has 0 aliphatic rings. The molecule has 0 saturated carbocycles. The lowest BCUT2D eigenvalue weighted by Gasteiger charge is -2.12. The number of carbonyl (C=O) groups excluding carboxylic acids is 1. The number of ether oxygens (including phenoxy) is 3. The van der Waals surface area contributed by atoms with Crippen LogP contribution in [0.1, 0.15) is 15.9 Å². The highest BCUT2D eigenvalue weighted by Crippen LogP contribution is 2.28. The van der Waals surface area contributed by atoms with Crippen molar-refractivity contribution in [3.05, 3.63) is 72.1 Å². The fraction of sp³-hybridized carbons (Fsp3) is 0.182. The van der Waals surface area contributed by atoms with Crippen LogP contribution in [0.4, 0.5) is 11.4 Å². The monoisotopic (exact) mass is 393 g/mol. The molecule has 7 nitrogen and oxygen atoms in total. The number of rotatable bonds is 8. The molecule has 0 aliphatic heterocycles. The van der Waals surface area contributed by atoms with Gasteiger partial charge in [0, 0.05) is 18.9 Å². The number of aromatic nitrogens is 1. The number of nitrogens with one attached hydrogen (secondary N) is 2. The van der Waals surface area contributed by atoms with Crippen LogP contribution in [0, 0.1) is 0 Å². The Morgan fingerprint density at radius 1 is 0.897 bits per heavy atom. The second kappa shape index (κ2) is 9.45. The third kappa shape index (κ3) is 4.95. The van der Waals surface area contributed by atoms with Gasteiger partial charge in [0.25, 0.3) is 5.91 Å². The molecule has 1 heterocycles. The molecule has 0 aliphatic carbocycles. The second-order valence-electron chi connectivity index (χ2n) is 6.16. The van der Waals surface area contributed by atoms with Crippen molar-refractivity contribution in [2.75, 3.05) is 32.0 Å². The van der Waals surface area contributed by atoms with Crippen LogP contribution in [0.5, 0.6) is 17.2 Å². The Morgan fingerprint density at radius 2 is 1.66 bits per heavy atom. The van der Waals surface area contributed by atoms with E-state index in [9.17, 15) is 4.79 Å². The second-order valence-corrected chi connectivity index (χ2v) is 6.16. The lowest BCUT2D eigenvalue weighted by atomic mass is 10.2. The summed E-state index contributed by atoms with van der Waals surface area (Å²) in [6.07, 6.45) is 3.19. The first-order chi connectivity index (χ1) is 14.1. The summed E-state index contributed by atoms with van der Waals surface area (Å²) >= 11 is 0. The SMILES string of the molecule is COc1ccccc1NC(=O)c1cncc(NCc2ccc(OC)c(OC)c2)c1. The van der Waals surface area contributed by atoms with Crippen LogP contribution in [-0.2, 0) is 6.54 Å². The summed E-state index contributed by atoms with van der Waals surface area (Å²) in [5.41, 5.74) is 2.77. The third-order valence-corrected chi connectivity index (χ3v) is 4.30. The van der Waals surface area contributed by atoms with Gasteiger partial charge in [-0.1, -0.05) is 18.2 Å². The van der Waals surface area contributed by atoms with Gasteiger partial charge in [-0.15, -0.1) is 0 Å². The Hall–Kier alpha value is -3.74. The Kier molecular flexibility index (Phi) is 6.52. The number of anilines is 2. The third-order valence-electron chi connectivity index (χ3n) is 4.30. The summed E-state index contributed by atoms with van der Waals surface area (Å²) < 4.78 is 15.8. The van der Waals surface area contributed by atoms with Gasteiger partial charge in [0.2, 0.25) is 0 Å². The largest absolute Gasteiger partial charge is 0.495 e. The van der Waals surface area contributed by atoms with E-state index >= 15 is 0 Å². The Bertz CT molecular complexity index is 991. The molecule has 3 aromatic rings. The molecule has 7 heteroatoms. The van der Waals surface area contributed by atoms with Gasteiger partial charge < -0.3 is 24.8 Å². The summed E-state index contributed by atoms with van der Waals surface area (Å²) in [4.78, 5) is 16.8. The average molecular weight is 393 g/mol. The molecule has 0 atom stereocenters. The van der Waals surface area contributed by atoms with Gasteiger partial charge in [0.15, 0.2) is 11.5 Å². The van der Waals surface area contributed by atoms with Crippen LogP contribution in [0.3, 0.4) is 0 Å². The predicted octanol–water partition coefficient (Wildman–Crippen LogP) is 3.97. The fourth-order valence-electron chi connectivity index (χ4n) is 2.80. The molecule has 150 valence electrons. The summed E-state index contributed by atoms with van der Waals surface area (Å²) in [7, 11) is 4.76. The first-order valence-electron chi connectivity index (χ1n) is 8.98. The van der Waals surface area contributed by atoms with Gasteiger partial charge in [0.1, 0.15) is 5.75 Å². The van der Waals surface area contributed by atoms with Gasteiger partial charge in [-0.2, -0.15) is 0 Å². The first kappa shape index (κ1) is 20.0. The summed E-state index contributed by atoms with van der Waals surface area (Å²) in [5, 5.41) is 6.11. The normalized spacial score (nSPS) is 10.2. The van der Waals surface area contributed by atoms with Crippen LogP contribution in [-0.4, -0.2) is 32.2 Å². The topological polar surface area (TPSA) is 81.7 Å². The van der Waals surface area contributed by atoms with Crippen molar-refractivity contribution in [1.82, 2.24) is 4.98 Å². The molecule has 1 aromatic heterocycles. The number of pyridine rings is 1. The van der Waals surface area contributed by atoms with Crippen molar-refractivity contribution in [1.29, 1.82) is 0 Å². The number of amides is 1. The molecule has 0 saturated heterocycles. The number of nitrogens with zero attached hydrogens (tertiary/aromatic N) is 1. The molecule has 1 amide bonds. The van der Waals surface area contributed by atoms with Crippen molar-refractivity contribution in [2.24, 2.45) is 0 Å². The van der Waals surface area contributed by atoms with Crippen LogP contribution in [0.25, 0.3) is 0 Å². The zero-order valence-corrected chi connectivity index (χ0v) is 16.6. The minimum absolute atomic E-state index is 0.267. The van der Waals surface area contributed by atoms with Crippen LogP contribution in [0.15, 0.2) is 60.9 Å². The lowest BCUT2D eigenvalue weighted by Crippen LogP contribution is -2.13. The van der Waals surface area contributed by atoms with Crippen LogP contribution >= 0.6 is 0 Å². The Morgan fingerprint density at radius 3 is 2.41 bits per heavy atom. The van der Waals surface area contributed by atoms with E-state index in [-0.39, 0.29) is 5.91 Å². The van der Waals surface area contributed by atoms with Gasteiger partial charge in [-0.05, 0) is 35.9 Å². The van der Waals surface area contributed by atoms with E-state index in [0.29, 0.717) is 35.0 Å². The summed E-state index contributed by atoms with van der Waals surface area (Å²) in [5.74, 6) is 1.66. The van der Waals surface area contributed by atoms with Gasteiger partial charge >= 0.3 is 0 Å². The van der Waals surface area contributed by atoms with E-state index in [1.807, 2.05) is 30.3 Å². The Balaban J connectivity index is 1.68. The Labute approximate surface area is 169 Å². The quantitative estimate of drug-likeness (QED) is 0.603. The molecular weight excluding hydrogens is 370 g/mol.